The molecule has 0 unspecified atom stereocenters. The van der Waals surface area contributed by atoms with Crippen LogP contribution in [0.25, 0.3) is 0 Å². The molecule has 18 heavy (non-hydrogen) atoms. The maximum absolute atomic E-state index is 11.3. The van der Waals surface area contributed by atoms with E-state index in [9.17, 15) is 4.79 Å². The van der Waals surface area contributed by atoms with E-state index in [0.717, 1.165) is 11.4 Å². The summed E-state index contributed by atoms with van der Waals surface area (Å²) in [5, 5.41) is 3.72. The van der Waals surface area contributed by atoms with Crippen LogP contribution in [-0.2, 0) is 11.3 Å². The first-order valence-electron chi connectivity index (χ1n) is 5.30. The van der Waals surface area contributed by atoms with Gasteiger partial charge in [0.2, 0.25) is 0 Å². The summed E-state index contributed by atoms with van der Waals surface area (Å²) < 4.78 is 4.61. The molecule has 0 atom stereocenters. The van der Waals surface area contributed by atoms with Crippen molar-refractivity contribution in [3.05, 3.63) is 47.0 Å². The third-order valence-corrected chi connectivity index (χ3v) is 2.72. The summed E-state index contributed by atoms with van der Waals surface area (Å²) >= 11 is 5.98. The first-order valence-corrected chi connectivity index (χ1v) is 5.68. The lowest BCUT2D eigenvalue weighted by Crippen LogP contribution is -2.04. The minimum atomic E-state index is -0.388. The van der Waals surface area contributed by atoms with Gasteiger partial charge in [0.15, 0.2) is 0 Å². The van der Waals surface area contributed by atoms with Gasteiger partial charge in [-0.05, 0) is 18.2 Å². The van der Waals surface area contributed by atoms with Gasteiger partial charge in [0, 0.05) is 11.9 Å². The Hall–Kier alpha value is -2.01. The van der Waals surface area contributed by atoms with Crippen LogP contribution in [0.5, 0.6) is 0 Å². The van der Waals surface area contributed by atoms with Crippen LogP contribution in [0, 0.1) is 0 Å². The molecule has 0 spiro atoms. The van der Waals surface area contributed by atoms with Crippen molar-refractivity contribution in [2.75, 3.05) is 12.4 Å². The van der Waals surface area contributed by atoms with Gasteiger partial charge in [0.1, 0.15) is 5.69 Å². The molecule has 2 aromatic rings. The highest BCUT2D eigenvalue weighted by molar-refractivity contribution is 6.33. The van der Waals surface area contributed by atoms with Gasteiger partial charge < -0.3 is 15.0 Å². The number of ether oxygens (including phenoxy) is 1. The SMILES string of the molecule is COC(=O)c1ccc(CNc2cnccc2Cl)[nH]1. The highest BCUT2D eigenvalue weighted by Gasteiger charge is 2.08. The van der Waals surface area contributed by atoms with Crippen LogP contribution in [0.15, 0.2) is 30.6 Å². The lowest BCUT2D eigenvalue weighted by Gasteiger charge is -2.06. The van der Waals surface area contributed by atoms with Crippen molar-refractivity contribution >= 4 is 23.3 Å². The molecule has 0 aliphatic rings. The summed E-state index contributed by atoms with van der Waals surface area (Å²) in [7, 11) is 1.34. The average molecular weight is 266 g/mol. The summed E-state index contributed by atoms with van der Waals surface area (Å²) in [6.45, 7) is 0.516. The zero-order valence-corrected chi connectivity index (χ0v) is 10.5. The average Bonchev–Trinajstić information content (AvgIpc) is 2.86. The van der Waals surface area contributed by atoms with Crippen molar-refractivity contribution in [1.29, 1.82) is 0 Å². The van der Waals surface area contributed by atoms with Gasteiger partial charge in [-0.15, -0.1) is 0 Å². The monoisotopic (exact) mass is 265 g/mol. The molecule has 0 aliphatic carbocycles. The van der Waals surface area contributed by atoms with E-state index in [1.54, 1.807) is 24.5 Å². The van der Waals surface area contributed by atoms with Gasteiger partial charge in [0.25, 0.3) is 0 Å². The number of carbonyl (C=O) groups is 1. The Balaban J connectivity index is 2.01. The topological polar surface area (TPSA) is 67.0 Å². The summed E-state index contributed by atoms with van der Waals surface area (Å²) in [4.78, 5) is 18.2. The van der Waals surface area contributed by atoms with Crippen molar-refractivity contribution in [2.24, 2.45) is 0 Å². The largest absolute Gasteiger partial charge is 0.464 e. The number of pyridine rings is 1. The smallest absolute Gasteiger partial charge is 0.354 e. The number of aromatic nitrogens is 2. The number of nitrogens with zero attached hydrogens (tertiary/aromatic N) is 1. The number of esters is 1. The summed E-state index contributed by atoms with van der Waals surface area (Å²) in [5.41, 5.74) is 2.02. The summed E-state index contributed by atoms with van der Waals surface area (Å²) in [5.74, 6) is -0.388. The Labute approximate surface area is 109 Å². The first kappa shape index (κ1) is 12.4. The molecule has 0 bridgehead atoms. The second-order valence-corrected chi connectivity index (χ2v) is 4.01. The van der Waals surface area contributed by atoms with Gasteiger partial charge in [-0.25, -0.2) is 4.79 Å². The maximum atomic E-state index is 11.3. The lowest BCUT2D eigenvalue weighted by molar-refractivity contribution is 0.0594. The van der Waals surface area contributed by atoms with Crippen molar-refractivity contribution in [1.82, 2.24) is 9.97 Å². The summed E-state index contributed by atoms with van der Waals surface area (Å²) in [6, 6.07) is 5.19. The van der Waals surface area contributed by atoms with Crippen LogP contribution in [0.4, 0.5) is 5.69 Å². The van der Waals surface area contributed by atoms with Crippen LogP contribution >= 0.6 is 11.6 Å². The highest BCUT2D eigenvalue weighted by Crippen LogP contribution is 2.19. The third-order valence-electron chi connectivity index (χ3n) is 2.39. The first-order chi connectivity index (χ1) is 8.70. The van der Waals surface area contributed by atoms with Gasteiger partial charge in [-0.1, -0.05) is 11.6 Å². The maximum Gasteiger partial charge on any atom is 0.354 e. The number of nitrogens with one attached hydrogen (secondary N) is 2. The Morgan fingerprint density at radius 3 is 3.06 bits per heavy atom. The van der Waals surface area contributed by atoms with E-state index >= 15 is 0 Å². The number of aromatic amines is 1. The quantitative estimate of drug-likeness (QED) is 0.834. The molecule has 2 N–H and O–H groups in total. The van der Waals surface area contributed by atoms with Crippen molar-refractivity contribution in [2.45, 2.75) is 6.54 Å². The van der Waals surface area contributed by atoms with Crippen molar-refractivity contribution in [3.8, 4) is 0 Å². The van der Waals surface area contributed by atoms with E-state index in [1.807, 2.05) is 6.07 Å². The Morgan fingerprint density at radius 2 is 2.33 bits per heavy atom. The molecule has 2 rings (SSSR count). The van der Waals surface area contributed by atoms with E-state index in [4.69, 9.17) is 11.6 Å². The molecule has 0 amide bonds. The van der Waals surface area contributed by atoms with Gasteiger partial charge in [-0.3, -0.25) is 4.98 Å². The van der Waals surface area contributed by atoms with E-state index in [1.165, 1.54) is 7.11 Å². The zero-order chi connectivity index (χ0) is 13.0. The molecular formula is C12H12ClN3O2. The molecule has 94 valence electrons. The molecule has 0 aromatic carbocycles. The molecule has 0 saturated carbocycles. The summed E-state index contributed by atoms with van der Waals surface area (Å²) in [6.07, 6.45) is 3.27. The Morgan fingerprint density at radius 1 is 1.50 bits per heavy atom. The minimum Gasteiger partial charge on any atom is -0.464 e. The van der Waals surface area contributed by atoms with Gasteiger partial charge in [0.05, 0.1) is 30.6 Å². The van der Waals surface area contributed by atoms with E-state index < -0.39 is 0 Å². The normalized spacial score (nSPS) is 10.1. The molecule has 2 heterocycles. The second-order valence-electron chi connectivity index (χ2n) is 3.60. The van der Waals surface area contributed by atoms with Gasteiger partial charge in [-0.2, -0.15) is 0 Å². The van der Waals surface area contributed by atoms with Crippen molar-refractivity contribution < 1.29 is 9.53 Å². The van der Waals surface area contributed by atoms with E-state index in [-0.39, 0.29) is 5.97 Å². The number of hydrogen-bond donors (Lipinski definition) is 2. The van der Waals surface area contributed by atoms with E-state index in [2.05, 4.69) is 20.0 Å². The number of halogens is 1. The molecule has 0 radical (unpaired) electrons. The molecule has 6 heteroatoms. The number of carbonyl (C=O) groups excluding carboxylic acids is 1. The van der Waals surface area contributed by atoms with Crippen LogP contribution in [0.3, 0.4) is 0 Å². The highest BCUT2D eigenvalue weighted by atomic mass is 35.5. The fourth-order valence-corrected chi connectivity index (χ4v) is 1.64. The second kappa shape index (κ2) is 5.55. The zero-order valence-electron chi connectivity index (χ0n) is 9.74. The molecule has 0 fully saturated rings. The standard InChI is InChI=1S/C12H12ClN3O2/c1-18-12(17)10-3-2-8(16-10)6-15-11-7-14-5-4-9(11)13/h2-5,7,15-16H,6H2,1H3. The van der Waals surface area contributed by atoms with E-state index in [0.29, 0.717) is 17.3 Å². The van der Waals surface area contributed by atoms with Crippen LogP contribution in [0.1, 0.15) is 16.2 Å². The number of H-pyrrole nitrogens is 1. The van der Waals surface area contributed by atoms with Crippen LogP contribution in [0.2, 0.25) is 5.02 Å². The lowest BCUT2D eigenvalue weighted by atomic mass is 10.4. The van der Waals surface area contributed by atoms with Gasteiger partial charge >= 0.3 is 5.97 Å². The fourth-order valence-electron chi connectivity index (χ4n) is 1.47. The number of hydrogen-bond acceptors (Lipinski definition) is 4. The molecule has 2 aromatic heterocycles. The number of anilines is 1. The molecule has 0 saturated heterocycles. The molecule has 0 aliphatic heterocycles. The minimum absolute atomic E-state index is 0.388. The number of methoxy groups -OCH3 is 1. The van der Waals surface area contributed by atoms with Crippen LogP contribution in [-0.4, -0.2) is 23.0 Å². The third kappa shape index (κ3) is 2.81. The Kier molecular flexibility index (Phi) is 3.84. The molecular weight excluding hydrogens is 254 g/mol. The predicted octanol–water partition coefficient (Wildman–Crippen LogP) is 2.46. The fraction of sp³-hybridized carbons (Fsp3) is 0.167. The van der Waals surface area contributed by atoms with Crippen molar-refractivity contribution in [3.63, 3.8) is 0 Å². The van der Waals surface area contributed by atoms with Crippen LogP contribution < -0.4 is 5.32 Å². The predicted molar refractivity (Wildman–Crippen MR) is 68.7 cm³/mol. The molecule has 5 nitrogen and oxygen atoms in total. The number of rotatable bonds is 4. The Bertz CT molecular complexity index is 554.